The second kappa shape index (κ2) is 13.9. The average Bonchev–Trinajstić information content (AvgIpc) is 2.83. The van der Waals surface area contributed by atoms with Gasteiger partial charge < -0.3 is 9.47 Å². The first-order valence-electron chi connectivity index (χ1n) is 12.4. The third-order valence-electron chi connectivity index (χ3n) is 6.32. The van der Waals surface area contributed by atoms with Crippen LogP contribution in [0.5, 0.6) is 0 Å². The van der Waals surface area contributed by atoms with Crippen LogP contribution in [0, 0.1) is 11.8 Å². The molecule has 0 aromatic heterocycles. The van der Waals surface area contributed by atoms with Crippen molar-refractivity contribution in [2.24, 2.45) is 11.8 Å². The first kappa shape index (κ1) is 25.9. The molecule has 2 rings (SSSR count). The standard InChI is InChI=1S/C28H40O4/c1-5-9-12-21(7-3)19-31-27(29)24-16-17-25-23(18-24)14-11-15-26(25)28(30)32-20-22(8-4)13-10-6-2/h11,14-18,21-22H,5-10,12-13,19-20H2,1-4H3. The third kappa shape index (κ3) is 7.65. The van der Waals surface area contributed by atoms with E-state index in [4.69, 9.17) is 9.47 Å². The largest absolute Gasteiger partial charge is 0.462 e. The Morgan fingerprint density at radius 3 is 1.94 bits per heavy atom. The summed E-state index contributed by atoms with van der Waals surface area (Å²) in [4.78, 5) is 25.3. The van der Waals surface area contributed by atoms with Crippen LogP contribution in [0.3, 0.4) is 0 Å². The van der Waals surface area contributed by atoms with Crippen molar-refractivity contribution in [3.63, 3.8) is 0 Å². The molecular weight excluding hydrogens is 400 g/mol. The van der Waals surface area contributed by atoms with Crippen LogP contribution in [0.15, 0.2) is 36.4 Å². The summed E-state index contributed by atoms with van der Waals surface area (Å²) in [5.74, 6) is 0.198. The average molecular weight is 441 g/mol. The zero-order valence-electron chi connectivity index (χ0n) is 20.3. The Labute approximate surface area is 193 Å². The van der Waals surface area contributed by atoms with Gasteiger partial charge in [-0.15, -0.1) is 0 Å². The Morgan fingerprint density at radius 1 is 0.781 bits per heavy atom. The van der Waals surface area contributed by atoms with Crippen LogP contribution in [-0.2, 0) is 9.47 Å². The highest BCUT2D eigenvalue weighted by Gasteiger charge is 2.17. The molecule has 0 amide bonds. The summed E-state index contributed by atoms with van der Waals surface area (Å²) in [6.07, 6.45) is 8.79. The lowest BCUT2D eigenvalue weighted by atomic mass is 10.00. The van der Waals surface area contributed by atoms with Crippen LogP contribution in [0.2, 0.25) is 0 Å². The minimum atomic E-state index is -0.309. The molecule has 2 aromatic rings. The highest BCUT2D eigenvalue weighted by Crippen LogP contribution is 2.23. The summed E-state index contributed by atoms with van der Waals surface area (Å²) < 4.78 is 11.2. The van der Waals surface area contributed by atoms with E-state index in [0.717, 1.165) is 62.1 Å². The minimum Gasteiger partial charge on any atom is -0.462 e. The van der Waals surface area contributed by atoms with Gasteiger partial charge in [-0.05, 0) is 53.6 Å². The number of benzene rings is 2. The predicted molar refractivity (Wildman–Crippen MR) is 131 cm³/mol. The summed E-state index contributed by atoms with van der Waals surface area (Å²) in [7, 11) is 0. The second-order valence-electron chi connectivity index (χ2n) is 8.77. The van der Waals surface area contributed by atoms with E-state index in [1.54, 1.807) is 18.2 Å². The number of hydrogen-bond donors (Lipinski definition) is 0. The fraction of sp³-hybridized carbons (Fsp3) is 0.571. The summed E-state index contributed by atoms with van der Waals surface area (Å²) in [5, 5.41) is 1.63. The van der Waals surface area contributed by atoms with E-state index in [1.807, 2.05) is 18.2 Å². The van der Waals surface area contributed by atoms with E-state index in [1.165, 1.54) is 0 Å². The molecule has 0 N–H and O–H groups in total. The fourth-order valence-corrected chi connectivity index (χ4v) is 3.93. The molecule has 0 saturated carbocycles. The number of ether oxygens (including phenoxy) is 2. The van der Waals surface area contributed by atoms with Crippen molar-refractivity contribution in [2.75, 3.05) is 13.2 Å². The number of rotatable bonds is 14. The van der Waals surface area contributed by atoms with Gasteiger partial charge in [0, 0.05) is 0 Å². The normalized spacial score (nSPS) is 13.0. The molecule has 0 radical (unpaired) electrons. The number of unbranched alkanes of at least 4 members (excludes halogenated alkanes) is 2. The Morgan fingerprint density at radius 2 is 1.38 bits per heavy atom. The summed E-state index contributed by atoms with van der Waals surface area (Å²) >= 11 is 0. The van der Waals surface area contributed by atoms with Gasteiger partial charge in [-0.3, -0.25) is 0 Å². The molecule has 2 atom stereocenters. The number of hydrogen-bond acceptors (Lipinski definition) is 4. The molecule has 4 heteroatoms. The van der Waals surface area contributed by atoms with E-state index in [9.17, 15) is 9.59 Å². The smallest absolute Gasteiger partial charge is 0.338 e. The number of carbonyl (C=O) groups is 2. The zero-order chi connectivity index (χ0) is 23.3. The molecule has 0 aliphatic carbocycles. The van der Waals surface area contributed by atoms with Crippen molar-refractivity contribution < 1.29 is 19.1 Å². The zero-order valence-corrected chi connectivity index (χ0v) is 20.3. The first-order valence-corrected chi connectivity index (χ1v) is 12.4. The maximum absolute atomic E-state index is 12.8. The Bertz CT molecular complexity index is 858. The molecule has 0 aliphatic rings. The van der Waals surface area contributed by atoms with Crippen molar-refractivity contribution in [1.82, 2.24) is 0 Å². The summed E-state index contributed by atoms with van der Waals surface area (Å²) in [6, 6.07) is 10.9. The Kier molecular flexibility index (Phi) is 11.3. The second-order valence-corrected chi connectivity index (χ2v) is 8.77. The summed E-state index contributed by atoms with van der Waals surface area (Å²) in [5.41, 5.74) is 1.05. The van der Waals surface area contributed by atoms with Crippen LogP contribution in [0.4, 0.5) is 0 Å². The van der Waals surface area contributed by atoms with Gasteiger partial charge in [0.2, 0.25) is 0 Å². The lowest BCUT2D eigenvalue weighted by Crippen LogP contribution is -2.15. The number of esters is 2. The van der Waals surface area contributed by atoms with Crippen molar-refractivity contribution in [1.29, 1.82) is 0 Å². The van der Waals surface area contributed by atoms with E-state index in [-0.39, 0.29) is 11.9 Å². The van der Waals surface area contributed by atoms with Gasteiger partial charge in [-0.25, -0.2) is 9.59 Å². The van der Waals surface area contributed by atoms with Crippen LogP contribution in [-0.4, -0.2) is 25.2 Å². The molecule has 0 fully saturated rings. The molecule has 4 nitrogen and oxygen atoms in total. The lowest BCUT2D eigenvalue weighted by Gasteiger charge is -2.16. The van der Waals surface area contributed by atoms with Crippen molar-refractivity contribution in [2.45, 2.75) is 79.1 Å². The van der Waals surface area contributed by atoms with Crippen molar-refractivity contribution in [3.8, 4) is 0 Å². The van der Waals surface area contributed by atoms with E-state index >= 15 is 0 Å². The SMILES string of the molecule is CCCCC(CC)COC(=O)c1ccc2c(C(=O)OCC(CC)CCCC)cccc2c1. The predicted octanol–water partition coefficient (Wildman–Crippen LogP) is 7.59. The third-order valence-corrected chi connectivity index (χ3v) is 6.32. The minimum absolute atomic E-state index is 0.303. The summed E-state index contributed by atoms with van der Waals surface area (Å²) in [6.45, 7) is 9.53. The van der Waals surface area contributed by atoms with Gasteiger partial charge in [-0.2, -0.15) is 0 Å². The number of carbonyl (C=O) groups excluding carboxylic acids is 2. The topological polar surface area (TPSA) is 52.6 Å². The van der Waals surface area contributed by atoms with Gasteiger partial charge >= 0.3 is 11.9 Å². The Balaban J connectivity index is 2.06. The maximum Gasteiger partial charge on any atom is 0.338 e. The monoisotopic (exact) mass is 440 g/mol. The molecule has 2 unspecified atom stereocenters. The number of fused-ring (bicyclic) bond motifs is 1. The molecule has 0 aliphatic heterocycles. The molecule has 0 saturated heterocycles. The van der Waals surface area contributed by atoms with Crippen molar-refractivity contribution in [3.05, 3.63) is 47.5 Å². The molecule has 0 heterocycles. The van der Waals surface area contributed by atoms with Crippen LogP contribution >= 0.6 is 0 Å². The molecule has 176 valence electrons. The van der Waals surface area contributed by atoms with Crippen molar-refractivity contribution >= 4 is 22.7 Å². The maximum atomic E-state index is 12.8. The van der Waals surface area contributed by atoms with E-state index < -0.39 is 0 Å². The fourth-order valence-electron chi connectivity index (χ4n) is 3.93. The quantitative estimate of drug-likeness (QED) is 0.284. The molecule has 0 bridgehead atoms. The van der Waals surface area contributed by atoms with Gasteiger partial charge in [0.05, 0.1) is 24.3 Å². The van der Waals surface area contributed by atoms with Gasteiger partial charge in [-0.1, -0.05) is 84.4 Å². The highest BCUT2D eigenvalue weighted by atomic mass is 16.5. The molecule has 0 spiro atoms. The van der Waals surface area contributed by atoms with Gasteiger partial charge in [0.25, 0.3) is 0 Å². The van der Waals surface area contributed by atoms with Gasteiger partial charge in [0.1, 0.15) is 0 Å². The molecular formula is C28H40O4. The van der Waals surface area contributed by atoms with Crippen LogP contribution < -0.4 is 0 Å². The molecule has 32 heavy (non-hydrogen) atoms. The van der Waals surface area contributed by atoms with E-state index in [0.29, 0.717) is 36.2 Å². The van der Waals surface area contributed by atoms with Gasteiger partial charge in [0.15, 0.2) is 0 Å². The first-order chi connectivity index (χ1) is 15.5. The highest BCUT2D eigenvalue weighted by molar-refractivity contribution is 6.06. The van der Waals surface area contributed by atoms with E-state index in [2.05, 4.69) is 27.7 Å². The molecule has 2 aromatic carbocycles. The lowest BCUT2D eigenvalue weighted by molar-refractivity contribution is 0.0422. The van der Waals surface area contributed by atoms with Crippen LogP contribution in [0.25, 0.3) is 10.8 Å². The Hall–Kier alpha value is -2.36. The van der Waals surface area contributed by atoms with Crippen LogP contribution in [0.1, 0.15) is 99.8 Å².